The highest BCUT2D eigenvalue weighted by molar-refractivity contribution is 8.01. The fourth-order valence-electron chi connectivity index (χ4n) is 5.58. The summed E-state index contributed by atoms with van der Waals surface area (Å²) in [5, 5.41) is 1.07. The molecule has 3 aliphatic heterocycles. The van der Waals surface area contributed by atoms with Crippen molar-refractivity contribution in [2.75, 3.05) is 18.0 Å². The van der Waals surface area contributed by atoms with Crippen molar-refractivity contribution in [1.29, 1.82) is 0 Å². The molecule has 160 valence electrons. The second-order valence-corrected chi connectivity index (χ2v) is 11.2. The highest BCUT2D eigenvalue weighted by atomic mass is 32.2. The Hall–Kier alpha value is -2.25. The number of anilines is 1. The third-order valence-electron chi connectivity index (χ3n) is 6.97. The minimum atomic E-state index is -0.750. The van der Waals surface area contributed by atoms with Crippen molar-refractivity contribution in [3.05, 3.63) is 46.8 Å². The van der Waals surface area contributed by atoms with E-state index in [4.69, 9.17) is 15.7 Å². The van der Waals surface area contributed by atoms with Gasteiger partial charge in [-0.25, -0.2) is 15.0 Å². The van der Waals surface area contributed by atoms with Gasteiger partial charge in [-0.2, -0.15) is 0 Å². The van der Waals surface area contributed by atoms with E-state index < -0.39 is 5.66 Å². The molecule has 4 aliphatic rings. The molecule has 1 aliphatic carbocycles. The molecule has 2 aromatic rings. The zero-order valence-corrected chi connectivity index (χ0v) is 19.0. The molecule has 2 N–H and O–H groups in total. The highest BCUT2D eigenvalue weighted by Gasteiger charge is 2.49. The average molecular weight is 433 g/mol. The number of aliphatic imine (C=N–C) groups is 2. The van der Waals surface area contributed by atoms with Crippen LogP contribution in [0.2, 0.25) is 0 Å². The molecule has 2 atom stereocenters. The maximum absolute atomic E-state index is 6.95. The van der Waals surface area contributed by atoms with Crippen molar-refractivity contribution in [2.24, 2.45) is 21.1 Å². The number of aromatic nitrogens is 2. The van der Waals surface area contributed by atoms with Crippen LogP contribution in [-0.4, -0.2) is 46.0 Å². The molecule has 2 aromatic heterocycles. The Labute approximate surface area is 187 Å². The first-order valence-electron chi connectivity index (χ1n) is 11.2. The summed E-state index contributed by atoms with van der Waals surface area (Å²) < 4.78 is 0. The topological polar surface area (TPSA) is 79.8 Å². The molecule has 0 amide bonds. The minimum Gasteiger partial charge on any atom is -0.356 e. The third-order valence-corrected chi connectivity index (χ3v) is 8.35. The third kappa shape index (κ3) is 3.12. The summed E-state index contributed by atoms with van der Waals surface area (Å²) in [5.41, 5.74) is 12.7. The van der Waals surface area contributed by atoms with Gasteiger partial charge in [0.15, 0.2) is 0 Å². The molecule has 6 nitrogen and oxygen atoms in total. The Morgan fingerprint density at radius 1 is 1.19 bits per heavy atom. The van der Waals surface area contributed by atoms with Crippen molar-refractivity contribution in [1.82, 2.24) is 9.97 Å². The van der Waals surface area contributed by atoms with E-state index in [0.29, 0.717) is 6.42 Å². The van der Waals surface area contributed by atoms with Crippen LogP contribution in [-0.2, 0) is 19.3 Å². The van der Waals surface area contributed by atoms with Crippen LogP contribution in [0.1, 0.15) is 48.9 Å². The van der Waals surface area contributed by atoms with Crippen LogP contribution < -0.4 is 10.6 Å². The van der Waals surface area contributed by atoms with Crippen molar-refractivity contribution in [3.8, 4) is 0 Å². The van der Waals surface area contributed by atoms with Gasteiger partial charge in [0.1, 0.15) is 22.8 Å². The lowest BCUT2D eigenvalue weighted by molar-refractivity contribution is 0.392. The lowest BCUT2D eigenvalue weighted by Gasteiger charge is -2.33. The molecular formula is C24H28N6S. The summed E-state index contributed by atoms with van der Waals surface area (Å²) in [7, 11) is 0. The molecular weight excluding hydrogens is 404 g/mol. The van der Waals surface area contributed by atoms with Crippen LogP contribution >= 0.6 is 11.8 Å². The van der Waals surface area contributed by atoms with Gasteiger partial charge in [0, 0.05) is 37.5 Å². The fourth-order valence-corrected chi connectivity index (χ4v) is 6.93. The first-order chi connectivity index (χ1) is 14.9. The van der Waals surface area contributed by atoms with E-state index >= 15 is 0 Å². The molecule has 0 radical (unpaired) electrons. The van der Waals surface area contributed by atoms with E-state index in [0.717, 1.165) is 42.2 Å². The number of rotatable bonds is 3. The number of hydrogen-bond donors (Lipinski definition) is 1. The minimum absolute atomic E-state index is 0.0261. The molecule has 6 rings (SSSR count). The predicted octanol–water partition coefficient (Wildman–Crippen LogP) is 3.40. The Morgan fingerprint density at radius 3 is 2.77 bits per heavy atom. The summed E-state index contributed by atoms with van der Waals surface area (Å²) in [6.45, 7) is 6.95. The van der Waals surface area contributed by atoms with Gasteiger partial charge < -0.3 is 10.6 Å². The maximum Gasteiger partial charge on any atom is 0.133 e. The van der Waals surface area contributed by atoms with Crippen molar-refractivity contribution in [2.45, 2.75) is 61.9 Å². The lowest BCUT2D eigenvalue weighted by atomic mass is 9.88. The molecule has 1 saturated heterocycles. The number of nitrogens with two attached hydrogens (primary N) is 1. The Morgan fingerprint density at radius 2 is 2.00 bits per heavy atom. The SMILES string of the molecule is CC1(C)Cc2c(N3CCCC3)nc3c(c2C1)C1=NC=NC(N)(Cc2cccnc2)C1S3. The molecule has 0 aromatic carbocycles. The molecule has 7 heteroatoms. The summed E-state index contributed by atoms with van der Waals surface area (Å²) >= 11 is 1.76. The first-order valence-corrected chi connectivity index (χ1v) is 12.1. The van der Waals surface area contributed by atoms with Crippen LogP contribution in [0.4, 0.5) is 5.82 Å². The second kappa shape index (κ2) is 6.87. The van der Waals surface area contributed by atoms with Gasteiger partial charge in [-0.1, -0.05) is 31.7 Å². The van der Waals surface area contributed by atoms with Crippen LogP contribution in [0.5, 0.6) is 0 Å². The lowest BCUT2D eigenvalue weighted by Crippen LogP contribution is -2.53. The zero-order chi connectivity index (χ0) is 21.2. The summed E-state index contributed by atoms with van der Waals surface area (Å²) in [5.74, 6) is 1.21. The largest absolute Gasteiger partial charge is 0.356 e. The number of fused-ring (bicyclic) bond motifs is 5. The smallest absolute Gasteiger partial charge is 0.133 e. The Balaban J connectivity index is 1.44. The maximum atomic E-state index is 6.95. The summed E-state index contributed by atoms with van der Waals surface area (Å²) in [6.07, 6.45) is 10.6. The standard InChI is InChI=1S/C24H28N6S/c1-23(2)11-16-17(12-23)21(30-8-3-4-9-30)29-22-18(16)19-20(31-22)24(25,28-14-27-19)10-15-6-5-7-26-13-15/h5-7,13-14,20H,3-4,8-12,25H2,1-2H3. The van der Waals surface area contributed by atoms with Crippen molar-refractivity contribution < 1.29 is 0 Å². The van der Waals surface area contributed by atoms with Gasteiger partial charge in [0.2, 0.25) is 0 Å². The van der Waals surface area contributed by atoms with E-state index in [1.165, 1.54) is 35.3 Å². The molecule has 5 heterocycles. The van der Waals surface area contributed by atoms with E-state index in [9.17, 15) is 0 Å². The summed E-state index contributed by atoms with van der Waals surface area (Å²) in [4.78, 5) is 21.5. The van der Waals surface area contributed by atoms with Gasteiger partial charge in [-0.3, -0.25) is 4.98 Å². The van der Waals surface area contributed by atoms with Crippen LogP contribution in [0, 0.1) is 5.41 Å². The Kier molecular flexibility index (Phi) is 4.31. The average Bonchev–Trinajstić information content (AvgIpc) is 3.44. The van der Waals surface area contributed by atoms with Crippen molar-refractivity contribution in [3.63, 3.8) is 0 Å². The number of nitrogens with zero attached hydrogens (tertiary/aromatic N) is 5. The van der Waals surface area contributed by atoms with Gasteiger partial charge in [0.05, 0.1) is 11.0 Å². The first kappa shape index (κ1) is 19.4. The van der Waals surface area contributed by atoms with Crippen molar-refractivity contribution >= 4 is 29.6 Å². The van der Waals surface area contributed by atoms with E-state index in [1.54, 1.807) is 24.3 Å². The number of thioether (sulfide) groups is 1. The van der Waals surface area contributed by atoms with E-state index in [-0.39, 0.29) is 10.7 Å². The Bertz CT molecular complexity index is 1100. The van der Waals surface area contributed by atoms with Gasteiger partial charge in [-0.05, 0) is 53.9 Å². The van der Waals surface area contributed by atoms with Crippen LogP contribution in [0.3, 0.4) is 0 Å². The van der Waals surface area contributed by atoms with E-state index in [2.05, 4.69) is 34.8 Å². The highest BCUT2D eigenvalue weighted by Crippen LogP contribution is 2.51. The van der Waals surface area contributed by atoms with Gasteiger partial charge in [0.25, 0.3) is 0 Å². The molecule has 0 saturated carbocycles. The second-order valence-electron chi connectivity index (χ2n) is 10.1. The number of hydrogen-bond acceptors (Lipinski definition) is 7. The summed E-state index contributed by atoms with van der Waals surface area (Å²) in [6, 6.07) is 4.02. The molecule has 1 fully saturated rings. The van der Waals surface area contributed by atoms with E-state index in [1.807, 2.05) is 12.3 Å². The van der Waals surface area contributed by atoms with Gasteiger partial charge in [-0.15, -0.1) is 0 Å². The van der Waals surface area contributed by atoms with Gasteiger partial charge >= 0.3 is 0 Å². The zero-order valence-electron chi connectivity index (χ0n) is 18.1. The van der Waals surface area contributed by atoms with Crippen LogP contribution in [0.25, 0.3) is 0 Å². The van der Waals surface area contributed by atoms with Crippen LogP contribution in [0.15, 0.2) is 39.5 Å². The molecule has 0 bridgehead atoms. The molecule has 31 heavy (non-hydrogen) atoms. The molecule has 2 unspecified atom stereocenters. The quantitative estimate of drug-likeness (QED) is 0.804. The fraction of sp³-hybridized carbons (Fsp3) is 0.500. The normalized spacial score (nSPS) is 27.8. The predicted molar refractivity (Wildman–Crippen MR) is 126 cm³/mol. The monoisotopic (exact) mass is 432 g/mol. The number of pyridine rings is 2. The molecule has 0 spiro atoms.